The van der Waals surface area contributed by atoms with Crippen molar-refractivity contribution in [1.29, 1.82) is 0 Å². The van der Waals surface area contributed by atoms with E-state index in [2.05, 4.69) is 53.2 Å². The van der Waals surface area contributed by atoms with Gasteiger partial charge in [-0.05, 0) is 43.7 Å². The molecule has 24 heavy (non-hydrogen) atoms. The summed E-state index contributed by atoms with van der Waals surface area (Å²) in [5.41, 5.74) is 3.08. The molecule has 0 atom stereocenters. The molecule has 3 heterocycles. The van der Waals surface area contributed by atoms with Gasteiger partial charge in [-0.3, -0.25) is 0 Å². The van der Waals surface area contributed by atoms with Crippen LogP contribution in [-0.4, -0.2) is 45.8 Å². The lowest BCUT2D eigenvalue weighted by Gasteiger charge is -2.10. The fourth-order valence-electron chi connectivity index (χ4n) is 2.22. The zero-order chi connectivity index (χ0) is 16.2. The van der Waals surface area contributed by atoms with Crippen molar-refractivity contribution in [3.8, 4) is 22.0 Å². The smallest absolute Gasteiger partial charge is 0.188 e. The molecule has 0 saturated heterocycles. The molecule has 0 fully saturated rings. The molecule has 0 unspecified atom stereocenters. The Morgan fingerprint density at radius 2 is 1.96 bits per heavy atom. The van der Waals surface area contributed by atoms with Crippen LogP contribution in [0.5, 0.6) is 0 Å². The van der Waals surface area contributed by atoms with E-state index < -0.39 is 0 Å². The number of rotatable bonds is 6. The van der Waals surface area contributed by atoms with E-state index in [0.29, 0.717) is 0 Å². The summed E-state index contributed by atoms with van der Waals surface area (Å²) in [6, 6.07) is 10.4. The molecule has 4 nitrogen and oxygen atoms in total. The van der Waals surface area contributed by atoms with Gasteiger partial charge in [0.05, 0.1) is 22.0 Å². The maximum Gasteiger partial charge on any atom is 0.188 e. The summed E-state index contributed by atoms with van der Waals surface area (Å²) in [5, 5.41) is 2.92. The first-order valence-corrected chi connectivity index (χ1v) is 9.32. The van der Waals surface area contributed by atoms with Crippen molar-refractivity contribution in [2.45, 2.75) is 5.16 Å². The van der Waals surface area contributed by atoms with Gasteiger partial charge in [0.15, 0.2) is 5.16 Å². The average molecular weight is 425 g/mol. The van der Waals surface area contributed by atoms with Crippen LogP contribution in [0.15, 0.2) is 47.1 Å². The van der Waals surface area contributed by atoms with Crippen LogP contribution in [0.1, 0.15) is 0 Å². The molecular weight excluding hydrogens is 404 g/mol. The van der Waals surface area contributed by atoms with Crippen LogP contribution in [0.25, 0.3) is 22.0 Å². The van der Waals surface area contributed by atoms with Gasteiger partial charge < -0.3 is 9.47 Å². The Labute approximate surface area is 161 Å². The molecule has 3 aromatic rings. The third-order valence-electron chi connectivity index (χ3n) is 3.46. The second-order valence-corrected chi connectivity index (χ2v) is 7.56. The lowest BCUT2D eigenvalue weighted by atomic mass is 10.2. The quantitative estimate of drug-likeness (QED) is 0.432. The lowest BCUT2D eigenvalue weighted by molar-refractivity contribution is 0.437. The Bertz CT molecular complexity index is 769. The Kier molecular flexibility index (Phi) is 7.03. The summed E-state index contributed by atoms with van der Waals surface area (Å²) in [4.78, 5) is 12.9. The molecule has 0 saturated carbocycles. The summed E-state index contributed by atoms with van der Waals surface area (Å²) >= 11 is 3.42. The number of aryl methyl sites for hydroxylation is 1. The first kappa shape index (κ1) is 19.2. The van der Waals surface area contributed by atoms with E-state index in [1.165, 1.54) is 4.88 Å². The number of thioether (sulfide) groups is 1. The van der Waals surface area contributed by atoms with Crippen molar-refractivity contribution in [2.75, 3.05) is 26.4 Å². The van der Waals surface area contributed by atoms with E-state index in [9.17, 15) is 0 Å². The highest BCUT2D eigenvalue weighted by Gasteiger charge is 2.11. The van der Waals surface area contributed by atoms with Crippen LogP contribution in [-0.2, 0) is 7.05 Å². The second kappa shape index (κ2) is 8.80. The average Bonchev–Trinajstić information content (AvgIpc) is 3.17. The van der Waals surface area contributed by atoms with Crippen molar-refractivity contribution in [3.63, 3.8) is 0 Å². The topological polar surface area (TPSA) is 34.0 Å². The molecule has 0 radical (unpaired) electrons. The third kappa shape index (κ3) is 4.69. The number of nitrogens with zero attached hydrogens (tertiary/aromatic N) is 4. The van der Waals surface area contributed by atoms with E-state index >= 15 is 0 Å². The van der Waals surface area contributed by atoms with Gasteiger partial charge in [-0.2, -0.15) is 0 Å². The normalized spacial score (nSPS) is 10.8. The van der Waals surface area contributed by atoms with E-state index in [4.69, 9.17) is 9.97 Å². The lowest BCUT2D eigenvalue weighted by Crippen LogP contribution is -2.15. The molecule has 0 aliphatic rings. The van der Waals surface area contributed by atoms with Gasteiger partial charge in [0, 0.05) is 25.5 Å². The molecule has 0 aliphatic carbocycles. The van der Waals surface area contributed by atoms with Crippen molar-refractivity contribution < 1.29 is 0 Å². The zero-order valence-electron chi connectivity index (χ0n) is 14.0. The van der Waals surface area contributed by atoms with Gasteiger partial charge in [-0.25, -0.2) is 9.97 Å². The summed E-state index contributed by atoms with van der Waals surface area (Å²) in [5.74, 6) is 0.980. The van der Waals surface area contributed by atoms with Crippen LogP contribution in [0.2, 0.25) is 0 Å². The Morgan fingerprint density at radius 3 is 2.58 bits per heavy atom. The van der Waals surface area contributed by atoms with Crippen LogP contribution >= 0.6 is 40.1 Å². The first-order valence-electron chi connectivity index (χ1n) is 7.45. The molecule has 3 rings (SSSR count). The highest BCUT2D eigenvalue weighted by Crippen LogP contribution is 2.29. The molecule has 7 heteroatoms. The van der Waals surface area contributed by atoms with Crippen molar-refractivity contribution >= 4 is 40.1 Å². The maximum absolute atomic E-state index is 4.76. The Hall–Kier alpha value is -1.15. The minimum absolute atomic E-state index is 0. The zero-order valence-corrected chi connectivity index (χ0v) is 17.3. The van der Waals surface area contributed by atoms with Crippen molar-refractivity contribution in [3.05, 3.63) is 41.9 Å². The molecule has 0 aromatic carbocycles. The van der Waals surface area contributed by atoms with Gasteiger partial charge >= 0.3 is 0 Å². The van der Waals surface area contributed by atoms with Crippen LogP contribution < -0.4 is 0 Å². The van der Waals surface area contributed by atoms with Gasteiger partial charge in [-0.15, -0.1) is 28.3 Å². The van der Waals surface area contributed by atoms with E-state index in [1.807, 2.05) is 19.3 Å². The van der Waals surface area contributed by atoms with Gasteiger partial charge in [0.25, 0.3) is 0 Å². The van der Waals surface area contributed by atoms with Crippen LogP contribution in [0.4, 0.5) is 0 Å². The van der Waals surface area contributed by atoms with Gasteiger partial charge in [0.1, 0.15) is 0 Å². The largest absolute Gasteiger partial charge is 0.349 e. The fourth-order valence-corrected chi connectivity index (χ4v) is 3.87. The number of thiophene rings is 1. The van der Waals surface area contributed by atoms with Crippen LogP contribution in [0.3, 0.4) is 0 Å². The highest BCUT2D eigenvalue weighted by atomic mass is 79.9. The molecule has 3 aromatic heterocycles. The molecule has 0 spiro atoms. The van der Waals surface area contributed by atoms with E-state index in [0.717, 1.165) is 34.5 Å². The summed E-state index contributed by atoms with van der Waals surface area (Å²) in [7, 11) is 6.21. The predicted octanol–water partition coefficient (Wildman–Crippen LogP) is 4.44. The highest BCUT2D eigenvalue weighted by molar-refractivity contribution is 8.93. The molecule has 0 N–H and O–H groups in total. The minimum Gasteiger partial charge on any atom is -0.349 e. The fraction of sp³-hybridized carbons (Fsp3) is 0.294. The Balaban J connectivity index is 0.00000208. The summed E-state index contributed by atoms with van der Waals surface area (Å²) in [6.45, 7) is 1.01. The summed E-state index contributed by atoms with van der Waals surface area (Å²) < 4.78 is 2.09. The molecular formula is C17H21BrN4S2. The van der Waals surface area contributed by atoms with Gasteiger partial charge in [0.2, 0.25) is 0 Å². The van der Waals surface area contributed by atoms with E-state index in [1.54, 1.807) is 23.1 Å². The second-order valence-electron chi connectivity index (χ2n) is 5.55. The van der Waals surface area contributed by atoms with Gasteiger partial charge in [-0.1, -0.05) is 17.8 Å². The number of aromatic nitrogens is 3. The minimum atomic E-state index is 0. The third-order valence-corrected chi connectivity index (χ3v) is 5.17. The SMILES string of the molecule is Br.CN(C)CCSc1nc(-c2cccs2)cc(-c2cccn2C)n1. The number of halogens is 1. The summed E-state index contributed by atoms with van der Waals surface area (Å²) in [6.07, 6.45) is 2.04. The molecule has 0 bridgehead atoms. The Morgan fingerprint density at radius 1 is 1.17 bits per heavy atom. The maximum atomic E-state index is 4.76. The first-order chi connectivity index (χ1) is 11.1. The molecule has 0 aliphatic heterocycles. The predicted molar refractivity (Wildman–Crippen MR) is 109 cm³/mol. The molecule has 128 valence electrons. The number of hydrogen-bond acceptors (Lipinski definition) is 5. The van der Waals surface area contributed by atoms with Crippen molar-refractivity contribution in [2.24, 2.45) is 7.05 Å². The van der Waals surface area contributed by atoms with Crippen LogP contribution in [0, 0.1) is 0 Å². The number of hydrogen-bond donors (Lipinski definition) is 0. The standard InChI is InChI=1S/C17H20N4S2.BrH/c1-20(2)9-11-23-17-18-13(15-6-4-8-21(15)3)12-14(19-17)16-7-5-10-22-16;/h4-8,10,12H,9,11H2,1-3H3;1H. The molecule has 0 amide bonds. The monoisotopic (exact) mass is 424 g/mol. The van der Waals surface area contributed by atoms with E-state index in [-0.39, 0.29) is 17.0 Å². The van der Waals surface area contributed by atoms with Crippen molar-refractivity contribution in [1.82, 2.24) is 19.4 Å².